The van der Waals surface area contributed by atoms with Crippen molar-refractivity contribution in [2.45, 2.75) is 18.4 Å². The van der Waals surface area contributed by atoms with Gasteiger partial charge in [-0.05, 0) is 52.7 Å². The summed E-state index contributed by atoms with van der Waals surface area (Å²) in [5, 5.41) is 0. The summed E-state index contributed by atoms with van der Waals surface area (Å²) in [6, 6.07) is 9.00. The van der Waals surface area contributed by atoms with Crippen LogP contribution in [0.4, 0.5) is 0 Å². The molecule has 4 nitrogen and oxygen atoms in total. The SMILES string of the molecule is Cc1ccc(S(=O)(=O)NCCn2cccc2)c(Br)c1. The first kappa shape index (κ1) is 14.3. The number of hydrogen-bond donors (Lipinski definition) is 1. The molecule has 1 aromatic heterocycles. The molecule has 0 atom stereocenters. The highest BCUT2D eigenvalue weighted by atomic mass is 79.9. The van der Waals surface area contributed by atoms with E-state index in [9.17, 15) is 8.42 Å². The Bertz CT molecular complexity index is 651. The summed E-state index contributed by atoms with van der Waals surface area (Å²) in [6.07, 6.45) is 3.80. The minimum Gasteiger partial charge on any atom is -0.353 e. The van der Waals surface area contributed by atoms with Crippen LogP contribution in [0.2, 0.25) is 0 Å². The van der Waals surface area contributed by atoms with Crippen LogP contribution in [0, 0.1) is 6.92 Å². The van der Waals surface area contributed by atoms with Gasteiger partial charge < -0.3 is 4.57 Å². The average Bonchev–Trinajstić information content (AvgIpc) is 2.81. The smallest absolute Gasteiger partial charge is 0.241 e. The Morgan fingerprint density at radius 3 is 2.58 bits per heavy atom. The third kappa shape index (κ3) is 3.68. The highest BCUT2D eigenvalue weighted by molar-refractivity contribution is 9.10. The van der Waals surface area contributed by atoms with Gasteiger partial charge in [0.15, 0.2) is 0 Å². The molecular weight excluding hydrogens is 328 g/mol. The van der Waals surface area contributed by atoms with Crippen molar-refractivity contribution in [2.75, 3.05) is 6.54 Å². The third-order valence-electron chi connectivity index (χ3n) is 2.71. The maximum atomic E-state index is 12.1. The molecule has 6 heteroatoms. The quantitative estimate of drug-likeness (QED) is 0.907. The van der Waals surface area contributed by atoms with E-state index >= 15 is 0 Å². The first-order valence-electron chi connectivity index (χ1n) is 5.85. The molecule has 1 heterocycles. The Kier molecular flexibility index (Phi) is 4.44. The summed E-state index contributed by atoms with van der Waals surface area (Å²) in [5.74, 6) is 0. The molecule has 0 bridgehead atoms. The van der Waals surface area contributed by atoms with Crippen molar-refractivity contribution >= 4 is 26.0 Å². The van der Waals surface area contributed by atoms with Crippen molar-refractivity contribution in [1.82, 2.24) is 9.29 Å². The Labute approximate surface area is 121 Å². The fourth-order valence-electron chi connectivity index (χ4n) is 1.73. The number of rotatable bonds is 5. The number of benzene rings is 1. The van der Waals surface area contributed by atoms with Gasteiger partial charge in [-0.1, -0.05) is 6.07 Å². The molecule has 0 radical (unpaired) electrons. The minimum absolute atomic E-state index is 0.269. The van der Waals surface area contributed by atoms with Crippen LogP contribution < -0.4 is 4.72 Å². The van der Waals surface area contributed by atoms with Crippen LogP contribution in [-0.2, 0) is 16.6 Å². The minimum atomic E-state index is -3.47. The third-order valence-corrected chi connectivity index (χ3v) is 5.14. The zero-order valence-corrected chi connectivity index (χ0v) is 12.9. The highest BCUT2D eigenvalue weighted by Gasteiger charge is 2.16. The molecule has 19 heavy (non-hydrogen) atoms. The molecule has 1 N–H and O–H groups in total. The second-order valence-corrected chi connectivity index (χ2v) is 6.84. The van der Waals surface area contributed by atoms with Gasteiger partial charge >= 0.3 is 0 Å². The Balaban J connectivity index is 2.05. The lowest BCUT2D eigenvalue weighted by molar-refractivity contribution is 0.572. The number of aromatic nitrogens is 1. The monoisotopic (exact) mass is 342 g/mol. The van der Waals surface area contributed by atoms with Gasteiger partial charge in [0.05, 0.1) is 4.90 Å². The zero-order valence-electron chi connectivity index (χ0n) is 10.5. The van der Waals surface area contributed by atoms with E-state index in [0.717, 1.165) is 5.56 Å². The molecule has 0 saturated carbocycles. The molecule has 0 amide bonds. The van der Waals surface area contributed by atoms with Crippen LogP contribution in [0.5, 0.6) is 0 Å². The van der Waals surface area contributed by atoms with Crippen molar-refractivity contribution < 1.29 is 8.42 Å². The summed E-state index contributed by atoms with van der Waals surface area (Å²) in [5.41, 5.74) is 1.01. The van der Waals surface area contributed by atoms with Crippen molar-refractivity contribution in [2.24, 2.45) is 0 Å². The average molecular weight is 343 g/mol. The van der Waals surface area contributed by atoms with E-state index in [1.807, 2.05) is 36.0 Å². The number of sulfonamides is 1. The van der Waals surface area contributed by atoms with Crippen LogP contribution in [0.3, 0.4) is 0 Å². The molecule has 0 aliphatic rings. The van der Waals surface area contributed by atoms with Crippen LogP contribution in [-0.4, -0.2) is 19.5 Å². The van der Waals surface area contributed by atoms with E-state index in [0.29, 0.717) is 17.6 Å². The maximum Gasteiger partial charge on any atom is 0.241 e. The number of halogens is 1. The van der Waals surface area contributed by atoms with Gasteiger partial charge in [-0.25, -0.2) is 13.1 Å². The summed E-state index contributed by atoms with van der Waals surface area (Å²) >= 11 is 3.29. The molecule has 1 aromatic carbocycles. The van der Waals surface area contributed by atoms with Gasteiger partial charge in [0.2, 0.25) is 10.0 Å². The van der Waals surface area contributed by atoms with Crippen molar-refractivity contribution in [3.63, 3.8) is 0 Å². The Hall–Kier alpha value is -1.11. The van der Waals surface area contributed by atoms with E-state index in [2.05, 4.69) is 20.7 Å². The fourth-order valence-corrected chi connectivity index (χ4v) is 3.94. The fraction of sp³-hybridized carbons (Fsp3) is 0.231. The van der Waals surface area contributed by atoms with E-state index in [4.69, 9.17) is 0 Å². The lowest BCUT2D eigenvalue weighted by atomic mass is 10.2. The van der Waals surface area contributed by atoms with E-state index in [1.165, 1.54) is 0 Å². The van der Waals surface area contributed by atoms with Crippen molar-refractivity contribution in [3.05, 3.63) is 52.8 Å². The predicted octanol–water partition coefficient (Wildman–Crippen LogP) is 2.54. The number of aryl methyl sites for hydroxylation is 1. The van der Waals surface area contributed by atoms with Gasteiger partial charge in [0, 0.05) is 30.0 Å². The number of nitrogens with one attached hydrogen (secondary N) is 1. The first-order chi connectivity index (χ1) is 8.99. The molecule has 0 spiro atoms. The van der Waals surface area contributed by atoms with Crippen molar-refractivity contribution in [1.29, 1.82) is 0 Å². The van der Waals surface area contributed by atoms with E-state index < -0.39 is 10.0 Å². The molecule has 102 valence electrons. The van der Waals surface area contributed by atoms with E-state index in [-0.39, 0.29) is 4.90 Å². The number of nitrogens with zero attached hydrogens (tertiary/aromatic N) is 1. The van der Waals surface area contributed by atoms with Gasteiger partial charge in [-0.15, -0.1) is 0 Å². The molecule has 0 unspecified atom stereocenters. The van der Waals surface area contributed by atoms with E-state index in [1.54, 1.807) is 18.2 Å². The summed E-state index contributed by atoms with van der Waals surface area (Å²) in [4.78, 5) is 0.269. The molecular formula is C13H15BrN2O2S. The molecule has 0 saturated heterocycles. The molecule has 2 aromatic rings. The second kappa shape index (κ2) is 5.90. The largest absolute Gasteiger partial charge is 0.353 e. The summed E-state index contributed by atoms with van der Waals surface area (Å²) in [6.45, 7) is 2.88. The Morgan fingerprint density at radius 1 is 1.26 bits per heavy atom. The lowest BCUT2D eigenvalue weighted by Crippen LogP contribution is -2.27. The predicted molar refractivity (Wildman–Crippen MR) is 78.5 cm³/mol. The van der Waals surface area contributed by atoms with Crippen LogP contribution >= 0.6 is 15.9 Å². The van der Waals surface area contributed by atoms with Crippen LogP contribution in [0.1, 0.15) is 5.56 Å². The van der Waals surface area contributed by atoms with Gasteiger partial charge in [0.25, 0.3) is 0 Å². The summed E-state index contributed by atoms with van der Waals surface area (Å²) in [7, 11) is -3.47. The highest BCUT2D eigenvalue weighted by Crippen LogP contribution is 2.22. The first-order valence-corrected chi connectivity index (χ1v) is 8.13. The maximum absolute atomic E-state index is 12.1. The van der Waals surface area contributed by atoms with Gasteiger partial charge in [-0.3, -0.25) is 0 Å². The van der Waals surface area contributed by atoms with Crippen LogP contribution in [0.15, 0.2) is 52.1 Å². The second-order valence-electron chi connectivity index (χ2n) is 4.25. The molecule has 2 rings (SSSR count). The topological polar surface area (TPSA) is 51.1 Å². The summed E-state index contributed by atoms with van der Waals surface area (Å²) < 4.78 is 29.4. The van der Waals surface area contributed by atoms with Crippen molar-refractivity contribution in [3.8, 4) is 0 Å². The molecule has 0 aliphatic heterocycles. The Morgan fingerprint density at radius 2 is 1.95 bits per heavy atom. The normalized spacial score (nSPS) is 11.7. The zero-order chi connectivity index (χ0) is 13.9. The standard InChI is InChI=1S/C13H15BrN2O2S/c1-11-4-5-13(12(14)10-11)19(17,18)15-6-9-16-7-2-3-8-16/h2-5,7-8,10,15H,6,9H2,1H3. The molecule has 0 aliphatic carbocycles. The van der Waals surface area contributed by atoms with Gasteiger partial charge in [-0.2, -0.15) is 0 Å². The van der Waals surface area contributed by atoms with Gasteiger partial charge in [0.1, 0.15) is 0 Å². The lowest BCUT2D eigenvalue weighted by Gasteiger charge is -2.09. The number of hydrogen-bond acceptors (Lipinski definition) is 2. The molecule has 0 fully saturated rings. The van der Waals surface area contributed by atoms with Crippen LogP contribution in [0.25, 0.3) is 0 Å².